The molecular weight excluding hydrogens is 306 g/mol. The predicted molar refractivity (Wildman–Crippen MR) is 80.9 cm³/mol. The van der Waals surface area contributed by atoms with Gasteiger partial charge in [0.1, 0.15) is 6.04 Å². The van der Waals surface area contributed by atoms with Crippen molar-refractivity contribution in [2.45, 2.75) is 25.9 Å². The second-order valence-corrected chi connectivity index (χ2v) is 7.79. The Kier molecular flexibility index (Phi) is 4.85. The summed E-state index contributed by atoms with van der Waals surface area (Å²) < 4.78 is 23.1. The summed E-state index contributed by atoms with van der Waals surface area (Å²) in [6.07, 6.45) is 0.263. The Balaban J connectivity index is 2.21. The van der Waals surface area contributed by atoms with Crippen LogP contribution in [0.15, 0.2) is 30.3 Å². The number of rotatable bonds is 5. The molecule has 7 heteroatoms. The minimum absolute atomic E-state index is 0.00988. The van der Waals surface area contributed by atoms with Crippen LogP contribution in [0.2, 0.25) is 0 Å². The summed E-state index contributed by atoms with van der Waals surface area (Å²) in [6.45, 7) is 1.59. The summed E-state index contributed by atoms with van der Waals surface area (Å²) in [5.74, 6) is -2.35. The van der Waals surface area contributed by atoms with Crippen LogP contribution >= 0.6 is 0 Å². The molecule has 2 rings (SSSR count). The van der Waals surface area contributed by atoms with Crippen LogP contribution in [0.3, 0.4) is 0 Å². The van der Waals surface area contributed by atoms with Crippen LogP contribution in [-0.4, -0.2) is 47.8 Å². The third-order valence-electron chi connectivity index (χ3n) is 3.89. The molecule has 2 atom stereocenters. The average Bonchev–Trinajstić information content (AvgIpc) is 2.84. The highest BCUT2D eigenvalue weighted by atomic mass is 32.2. The molecule has 1 amide bonds. The number of amides is 1. The minimum Gasteiger partial charge on any atom is -0.480 e. The lowest BCUT2D eigenvalue weighted by Gasteiger charge is -2.29. The van der Waals surface area contributed by atoms with Gasteiger partial charge < -0.3 is 10.0 Å². The van der Waals surface area contributed by atoms with Crippen molar-refractivity contribution in [2.75, 3.05) is 11.5 Å². The molecule has 0 aliphatic carbocycles. The molecule has 1 N–H and O–H groups in total. The van der Waals surface area contributed by atoms with Gasteiger partial charge in [-0.05, 0) is 18.9 Å². The minimum atomic E-state index is -3.19. The first-order valence-electron chi connectivity index (χ1n) is 7.08. The standard InChI is InChI=1S/C15H19NO5S/c1-11(15(18)19)16(9-12-5-3-2-4-6-12)14(17)13-7-8-22(20,21)10-13/h2-6,11,13H,7-10H2,1H3,(H,18,19). The number of carboxylic acid groups (broad SMARTS) is 1. The van der Waals surface area contributed by atoms with Crippen LogP contribution in [0.1, 0.15) is 18.9 Å². The Hall–Kier alpha value is -1.89. The van der Waals surface area contributed by atoms with Gasteiger partial charge >= 0.3 is 5.97 Å². The van der Waals surface area contributed by atoms with E-state index in [0.717, 1.165) is 5.56 Å². The van der Waals surface area contributed by atoms with Crippen molar-refractivity contribution in [3.63, 3.8) is 0 Å². The third kappa shape index (κ3) is 3.85. The fourth-order valence-electron chi connectivity index (χ4n) is 2.54. The van der Waals surface area contributed by atoms with E-state index in [1.165, 1.54) is 11.8 Å². The van der Waals surface area contributed by atoms with Gasteiger partial charge in [-0.25, -0.2) is 13.2 Å². The number of carboxylic acids is 1. The molecule has 120 valence electrons. The van der Waals surface area contributed by atoms with E-state index in [-0.39, 0.29) is 24.5 Å². The molecule has 0 saturated carbocycles. The Morgan fingerprint density at radius 3 is 2.45 bits per heavy atom. The van der Waals surface area contributed by atoms with Crippen LogP contribution in [0.5, 0.6) is 0 Å². The van der Waals surface area contributed by atoms with E-state index in [9.17, 15) is 23.1 Å². The molecule has 1 aromatic rings. The van der Waals surface area contributed by atoms with Crippen molar-refractivity contribution < 1.29 is 23.1 Å². The molecule has 6 nitrogen and oxygen atoms in total. The summed E-state index contributed by atoms with van der Waals surface area (Å²) >= 11 is 0. The number of hydrogen-bond acceptors (Lipinski definition) is 4. The normalized spacial score (nSPS) is 21.2. The maximum Gasteiger partial charge on any atom is 0.326 e. The van der Waals surface area contributed by atoms with E-state index in [0.29, 0.717) is 0 Å². The van der Waals surface area contributed by atoms with Crippen molar-refractivity contribution in [2.24, 2.45) is 5.92 Å². The molecule has 22 heavy (non-hydrogen) atoms. The van der Waals surface area contributed by atoms with E-state index in [2.05, 4.69) is 0 Å². The zero-order valence-corrected chi connectivity index (χ0v) is 13.1. The Bertz CT molecular complexity index is 656. The highest BCUT2D eigenvalue weighted by Gasteiger charge is 2.38. The van der Waals surface area contributed by atoms with Crippen LogP contribution in [0.4, 0.5) is 0 Å². The molecule has 1 fully saturated rings. The van der Waals surface area contributed by atoms with Crippen LogP contribution < -0.4 is 0 Å². The molecule has 0 aromatic heterocycles. The van der Waals surface area contributed by atoms with Gasteiger partial charge in [0.05, 0.1) is 17.4 Å². The summed E-state index contributed by atoms with van der Waals surface area (Å²) in [6, 6.07) is 8.06. The monoisotopic (exact) mass is 325 g/mol. The van der Waals surface area contributed by atoms with Gasteiger partial charge in [-0.1, -0.05) is 30.3 Å². The Morgan fingerprint density at radius 2 is 1.95 bits per heavy atom. The van der Waals surface area contributed by atoms with Crippen molar-refractivity contribution >= 4 is 21.7 Å². The highest BCUT2D eigenvalue weighted by Crippen LogP contribution is 2.23. The second kappa shape index (κ2) is 6.48. The lowest BCUT2D eigenvalue weighted by molar-refractivity contribution is -0.151. The van der Waals surface area contributed by atoms with Crippen LogP contribution in [0.25, 0.3) is 0 Å². The van der Waals surface area contributed by atoms with Gasteiger partial charge in [-0.2, -0.15) is 0 Å². The first kappa shape index (κ1) is 16.5. The van der Waals surface area contributed by atoms with Crippen molar-refractivity contribution in [1.82, 2.24) is 4.90 Å². The predicted octanol–water partition coefficient (Wildman–Crippen LogP) is 0.923. The van der Waals surface area contributed by atoms with E-state index >= 15 is 0 Å². The third-order valence-corrected chi connectivity index (χ3v) is 5.65. The maximum absolute atomic E-state index is 12.6. The zero-order valence-electron chi connectivity index (χ0n) is 12.3. The number of sulfone groups is 1. The molecule has 0 bridgehead atoms. The highest BCUT2D eigenvalue weighted by molar-refractivity contribution is 7.91. The number of hydrogen-bond donors (Lipinski definition) is 1. The quantitative estimate of drug-likeness (QED) is 0.869. The lowest BCUT2D eigenvalue weighted by atomic mass is 10.1. The SMILES string of the molecule is CC(C(=O)O)N(Cc1ccccc1)C(=O)C1CCS(=O)(=O)C1. The van der Waals surface area contributed by atoms with E-state index in [1.807, 2.05) is 18.2 Å². The summed E-state index contributed by atoms with van der Waals surface area (Å²) in [4.78, 5) is 25.1. The van der Waals surface area contributed by atoms with Crippen molar-refractivity contribution in [3.8, 4) is 0 Å². The topological polar surface area (TPSA) is 91.8 Å². The first-order valence-corrected chi connectivity index (χ1v) is 8.90. The number of benzene rings is 1. The van der Waals surface area contributed by atoms with Gasteiger partial charge in [-0.15, -0.1) is 0 Å². The molecule has 2 unspecified atom stereocenters. The number of carbonyl (C=O) groups excluding carboxylic acids is 1. The average molecular weight is 325 g/mol. The largest absolute Gasteiger partial charge is 0.480 e. The maximum atomic E-state index is 12.6. The van der Waals surface area contributed by atoms with Crippen molar-refractivity contribution in [1.29, 1.82) is 0 Å². The fraction of sp³-hybridized carbons (Fsp3) is 0.467. The molecule has 1 heterocycles. The van der Waals surface area contributed by atoms with E-state index < -0.39 is 33.7 Å². The van der Waals surface area contributed by atoms with E-state index in [1.54, 1.807) is 12.1 Å². The molecular formula is C15H19NO5S. The van der Waals surface area contributed by atoms with Crippen molar-refractivity contribution in [3.05, 3.63) is 35.9 Å². The second-order valence-electron chi connectivity index (χ2n) is 5.57. The number of nitrogens with zero attached hydrogens (tertiary/aromatic N) is 1. The smallest absolute Gasteiger partial charge is 0.326 e. The molecule has 1 aliphatic heterocycles. The zero-order chi connectivity index (χ0) is 16.3. The van der Waals surface area contributed by atoms with Gasteiger partial charge in [0.2, 0.25) is 5.91 Å². The molecule has 1 aromatic carbocycles. The fourth-order valence-corrected chi connectivity index (χ4v) is 4.28. The van der Waals surface area contributed by atoms with Gasteiger partial charge in [0.15, 0.2) is 9.84 Å². The summed E-state index contributed by atoms with van der Waals surface area (Å²) in [5, 5.41) is 9.21. The summed E-state index contributed by atoms with van der Waals surface area (Å²) in [5.41, 5.74) is 0.810. The number of carbonyl (C=O) groups is 2. The Labute approximate surface area is 129 Å². The van der Waals surface area contributed by atoms with E-state index in [4.69, 9.17) is 0 Å². The molecule has 1 saturated heterocycles. The van der Waals surface area contributed by atoms with Gasteiger partial charge in [0.25, 0.3) is 0 Å². The molecule has 0 spiro atoms. The molecule has 0 radical (unpaired) electrons. The Morgan fingerprint density at radius 1 is 1.32 bits per heavy atom. The number of aliphatic carboxylic acids is 1. The summed E-state index contributed by atoms with van der Waals surface area (Å²) in [7, 11) is -3.19. The van der Waals surface area contributed by atoms with Gasteiger partial charge in [0, 0.05) is 6.54 Å². The molecule has 1 aliphatic rings. The van der Waals surface area contributed by atoms with Crippen LogP contribution in [-0.2, 0) is 26.0 Å². The lowest BCUT2D eigenvalue weighted by Crippen LogP contribution is -2.45. The van der Waals surface area contributed by atoms with Gasteiger partial charge in [-0.3, -0.25) is 4.79 Å². The first-order chi connectivity index (χ1) is 10.3. The van der Waals surface area contributed by atoms with Crippen LogP contribution in [0, 0.1) is 5.92 Å².